The highest BCUT2D eigenvalue weighted by Gasteiger charge is 2.22. The summed E-state index contributed by atoms with van der Waals surface area (Å²) in [7, 11) is 1.53. The number of rotatable bonds is 7. The Labute approximate surface area is 153 Å². The Morgan fingerprint density at radius 2 is 1.73 bits per heavy atom. The van der Waals surface area contributed by atoms with Crippen LogP contribution in [0.1, 0.15) is 17.3 Å². The molecule has 1 N–H and O–H groups in total. The maximum absolute atomic E-state index is 12.6. The Hall–Kier alpha value is -2.61. The number of carbonyl (C=O) groups is 2. The molecule has 1 amide bonds. The SMILES string of the molecule is COc1ccc(NC(=O)[C@@H](C)OC(=O)c2ccccc2SC(F)F)cc1. The lowest BCUT2D eigenvalue weighted by molar-refractivity contribution is -0.123. The van der Waals surface area contributed by atoms with Crippen LogP contribution >= 0.6 is 11.8 Å². The maximum Gasteiger partial charge on any atom is 0.340 e. The van der Waals surface area contributed by atoms with Gasteiger partial charge in [0.1, 0.15) is 5.75 Å². The summed E-state index contributed by atoms with van der Waals surface area (Å²) in [5.74, 6) is -3.41. The van der Waals surface area contributed by atoms with Gasteiger partial charge in [-0.1, -0.05) is 23.9 Å². The first-order chi connectivity index (χ1) is 12.4. The molecule has 0 aliphatic carbocycles. The lowest BCUT2D eigenvalue weighted by Gasteiger charge is -2.15. The van der Waals surface area contributed by atoms with Crippen molar-refractivity contribution in [2.75, 3.05) is 12.4 Å². The van der Waals surface area contributed by atoms with E-state index in [9.17, 15) is 18.4 Å². The predicted octanol–water partition coefficient (Wildman–Crippen LogP) is 4.19. The molecule has 0 aliphatic heterocycles. The zero-order valence-electron chi connectivity index (χ0n) is 14.1. The minimum Gasteiger partial charge on any atom is -0.497 e. The molecule has 8 heteroatoms. The van der Waals surface area contributed by atoms with Crippen molar-refractivity contribution < 1.29 is 27.8 Å². The minimum absolute atomic E-state index is 0.0121. The molecule has 0 unspecified atom stereocenters. The van der Waals surface area contributed by atoms with Crippen LogP contribution in [0, 0.1) is 0 Å². The molecule has 0 radical (unpaired) electrons. The second kappa shape index (κ2) is 9.19. The van der Waals surface area contributed by atoms with Crippen LogP contribution in [0.4, 0.5) is 14.5 Å². The largest absolute Gasteiger partial charge is 0.497 e. The summed E-state index contributed by atoms with van der Waals surface area (Å²) >= 11 is 0.248. The normalized spacial score (nSPS) is 11.7. The lowest BCUT2D eigenvalue weighted by atomic mass is 10.2. The number of anilines is 1. The summed E-state index contributed by atoms with van der Waals surface area (Å²) in [5.41, 5.74) is 0.495. The van der Waals surface area contributed by atoms with Crippen molar-refractivity contribution in [2.45, 2.75) is 23.7 Å². The molecular formula is C18H17F2NO4S. The molecule has 0 saturated carbocycles. The predicted molar refractivity (Wildman–Crippen MR) is 94.8 cm³/mol. The van der Waals surface area contributed by atoms with Crippen molar-refractivity contribution >= 4 is 29.3 Å². The Morgan fingerprint density at radius 1 is 1.08 bits per heavy atom. The second-order valence-corrected chi connectivity index (χ2v) is 6.17. The molecule has 0 spiro atoms. The number of nitrogens with one attached hydrogen (secondary N) is 1. The van der Waals surface area contributed by atoms with Gasteiger partial charge in [-0.2, -0.15) is 8.78 Å². The molecule has 2 aromatic rings. The van der Waals surface area contributed by atoms with E-state index in [1.807, 2.05) is 0 Å². The van der Waals surface area contributed by atoms with Gasteiger partial charge in [-0.15, -0.1) is 0 Å². The quantitative estimate of drug-likeness (QED) is 0.575. The number of alkyl halides is 2. The van der Waals surface area contributed by atoms with E-state index < -0.39 is 23.7 Å². The van der Waals surface area contributed by atoms with Crippen LogP contribution in [-0.2, 0) is 9.53 Å². The summed E-state index contributed by atoms with van der Waals surface area (Å²) in [4.78, 5) is 24.5. The standard InChI is InChI=1S/C18H17F2NO4S/c1-11(16(22)21-12-7-9-13(24-2)10-8-12)25-17(23)14-5-3-4-6-15(14)26-18(19)20/h3-11,18H,1-2H3,(H,21,22)/t11-/m1/s1. The highest BCUT2D eigenvalue weighted by atomic mass is 32.2. The summed E-state index contributed by atoms with van der Waals surface area (Å²) < 4.78 is 35.3. The lowest BCUT2D eigenvalue weighted by Crippen LogP contribution is -2.30. The van der Waals surface area contributed by atoms with E-state index in [4.69, 9.17) is 9.47 Å². The van der Waals surface area contributed by atoms with Gasteiger partial charge in [0.15, 0.2) is 6.10 Å². The summed E-state index contributed by atoms with van der Waals surface area (Å²) in [6, 6.07) is 12.5. The molecule has 26 heavy (non-hydrogen) atoms. The highest BCUT2D eigenvalue weighted by molar-refractivity contribution is 7.99. The van der Waals surface area contributed by atoms with E-state index >= 15 is 0 Å². The number of carbonyl (C=O) groups excluding carboxylic acids is 2. The third kappa shape index (κ3) is 5.45. The molecule has 0 fully saturated rings. The third-order valence-electron chi connectivity index (χ3n) is 3.33. The molecule has 0 aliphatic rings. The summed E-state index contributed by atoms with van der Waals surface area (Å²) in [5, 5.41) is 2.60. The third-order valence-corrected chi connectivity index (χ3v) is 4.12. The first-order valence-corrected chi connectivity index (χ1v) is 8.48. The smallest absolute Gasteiger partial charge is 0.340 e. The summed E-state index contributed by atoms with van der Waals surface area (Å²) in [6.45, 7) is 1.40. The Kier molecular flexibility index (Phi) is 6.97. The fourth-order valence-corrected chi connectivity index (χ4v) is 2.66. The number of amides is 1. The van der Waals surface area contributed by atoms with E-state index in [2.05, 4.69) is 5.32 Å². The van der Waals surface area contributed by atoms with Gasteiger partial charge in [0, 0.05) is 10.6 Å². The average molecular weight is 381 g/mol. The molecular weight excluding hydrogens is 364 g/mol. The number of esters is 1. The van der Waals surface area contributed by atoms with Crippen LogP contribution in [0.25, 0.3) is 0 Å². The maximum atomic E-state index is 12.6. The van der Waals surface area contributed by atoms with Gasteiger partial charge in [0.2, 0.25) is 0 Å². The van der Waals surface area contributed by atoms with Crippen molar-refractivity contribution in [3.63, 3.8) is 0 Å². The van der Waals surface area contributed by atoms with Crippen molar-refractivity contribution in [1.82, 2.24) is 0 Å². The second-order valence-electron chi connectivity index (χ2n) is 5.14. The average Bonchev–Trinajstić information content (AvgIpc) is 2.62. The van der Waals surface area contributed by atoms with Gasteiger partial charge in [-0.25, -0.2) is 4.79 Å². The molecule has 138 valence electrons. The van der Waals surface area contributed by atoms with Gasteiger partial charge in [-0.3, -0.25) is 4.79 Å². The van der Waals surface area contributed by atoms with Gasteiger partial charge in [0.05, 0.1) is 12.7 Å². The number of methoxy groups -OCH3 is 1. The van der Waals surface area contributed by atoms with E-state index in [-0.39, 0.29) is 22.2 Å². The highest BCUT2D eigenvalue weighted by Crippen LogP contribution is 2.29. The zero-order chi connectivity index (χ0) is 19.1. The van der Waals surface area contributed by atoms with E-state index in [1.54, 1.807) is 30.3 Å². The van der Waals surface area contributed by atoms with E-state index in [0.29, 0.717) is 11.4 Å². The van der Waals surface area contributed by atoms with Crippen molar-refractivity contribution in [1.29, 1.82) is 0 Å². The molecule has 5 nitrogen and oxygen atoms in total. The van der Waals surface area contributed by atoms with Gasteiger partial charge in [-0.05, 0) is 43.3 Å². The monoisotopic (exact) mass is 381 g/mol. The molecule has 0 bridgehead atoms. The molecule has 0 aromatic heterocycles. The van der Waals surface area contributed by atoms with Crippen molar-refractivity contribution in [3.8, 4) is 5.75 Å². The van der Waals surface area contributed by atoms with E-state index in [0.717, 1.165) is 0 Å². The number of hydrogen-bond acceptors (Lipinski definition) is 5. The fourth-order valence-electron chi connectivity index (χ4n) is 2.03. The van der Waals surface area contributed by atoms with Gasteiger partial charge >= 0.3 is 5.97 Å². The van der Waals surface area contributed by atoms with Crippen molar-refractivity contribution in [2.24, 2.45) is 0 Å². The Balaban J connectivity index is 2.00. The van der Waals surface area contributed by atoms with Crippen LogP contribution in [0.2, 0.25) is 0 Å². The molecule has 0 heterocycles. The number of hydrogen-bond donors (Lipinski definition) is 1. The fraction of sp³-hybridized carbons (Fsp3) is 0.222. The first-order valence-electron chi connectivity index (χ1n) is 7.60. The van der Waals surface area contributed by atoms with Crippen LogP contribution in [-0.4, -0.2) is 30.8 Å². The van der Waals surface area contributed by atoms with Crippen LogP contribution in [0.15, 0.2) is 53.4 Å². The number of ether oxygens (including phenoxy) is 2. The van der Waals surface area contributed by atoms with Gasteiger partial charge in [0.25, 0.3) is 11.7 Å². The Morgan fingerprint density at radius 3 is 2.35 bits per heavy atom. The molecule has 2 rings (SSSR count). The van der Waals surface area contributed by atoms with Crippen molar-refractivity contribution in [3.05, 3.63) is 54.1 Å². The Bertz CT molecular complexity index is 768. The van der Waals surface area contributed by atoms with Crippen LogP contribution in [0.3, 0.4) is 0 Å². The van der Waals surface area contributed by atoms with Crippen LogP contribution < -0.4 is 10.1 Å². The molecule has 0 saturated heterocycles. The molecule has 1 atom stereocenters. The number of halogens is 2. The van der Waals surface area contributed by atoms with Gasteiger partial charge < -0.3 is 14.8 Å². The number of thioether (sulfide) groups is 1. The van der Waals surface area contributed by atoms with E-state index in [1.165, 1.54) is 32.2 Å². The minimum atomic E-state index is -2.67. The van der Waals surface area contributed by atoms with Crippen LogP contribution in [0.5, 0.6) is 5.75 Å². The number of benzene rings is 2. The molecule has 2 aromatic carbocycles. The summed E-state index contributed by atoms with van der Waals surface area (Å²) in [6.07, 6.45) is -1.10. The topological polar surface area (TPSA) is 64.6 Å². The zero-order valence-corrected chi connectivity index (χ0v) is 14.9. The first kappa shape index (κ1) is 19.7.